The molecule has 0 N–H and O–H groups in total. The fourth-order valence-corrected chi connectivity index (χ4v) is 5.75. The van der Waals surface area contributed by atoms with Crippen LogP contribution in [0.3, 0.4) is 0 Å². The van der Waals surface area contributed by atoms with E-state index in [2.05, 4.69) is 15.0 Å². The lowest BCUT2D eigenvalue weighted by atomic mass is 10.0. The fourth-order valence-electron chi connectivity index (χ4n) is 4.92. The van der Waals surface area contributed by atoms with E-state index >= 15 is 0 Å². The SMILES string of the molecule is CCOc1ncc(F)cc1-n1c(C=C(C)C)c(C(=O)N2CCCCC2)cc(-c2nc(-c3ccc(C(F)F)nc3)cs2)c1=O. The lowest BCUT2D eigenvalue weighted by Crippen LogP contribution is -2.37. The molecule has 0 bridgehead atoms. The highest BCUT2D eigenvalue weighted by atomic mass is 32.1. The maximum atomic E-state index is 14.7. The molecular weight excluding hydrogens is 579 g/mol. The minimum atomic E-state index is -2.70. The smallest absolute Gasteiger partial charge is 0.280 e. The molecule has 5 rings (SSSR count). The van der Waals surface area contributed by atoms with Gasteiger partial charge in [-0.05, 0) is 64.3 Å². The topological polar surface area (TPSA) is 90.2 Å². The number of pyridine rings is 3. The standard InChI is InChI=1S/C31H30F3N5O3S/c1-4-42-28-26(13-20(32)16-36-28)39-25(12-18(2)3)21(30(40)38-10-6-5-7-11-38)14-22(31(39)41)29-37-24(17-43-29)19-8-9-23(27(33)34)35-15-19/h8-9,12-17,27H,4-7,10-11H2,1-3H3. The summed E-state index contributed by atoms with van der Waals surface area (Å²) in [6.45, 7) is 6.80. The molecule has 4 aromatic heterocycles. The number of ether oxygens (including phenoxy) is 1. The summed E-state index contributed by atoms with van der Waals surface area (Å²) in [7, 11) is 0. The van der Waals surface area contributed by atoms with Crippen LogP contribution in [0, 0.1) is 5.82 Å². The largest absolute Gasteiger partial charge is 0.476 e. The summed E-state index contributed by atoms with van der Waals surface area (Å²) < 4.78 is 47.6. The van der Waals surface area contributed by atoms with Gasteiger partial charge >= 0.3 is 0 Å². The van der Waals surface area contributed by atoms with E-state index in [-0.39, 0.29) is 46.6 Å². The summed E-state index contributed by atoms with van der Waals surface area (Å²) in [6.07, 6.45) is 4.08. The van der Waals surface area contributed by atoms with E-state index in [1.54, 1.807) is 29.3 Å². The first-order valence-corrected chi connectivity index (χ1v) is 14.8. The Morgan fingerprint density at radius 2 is 1.88 bits per heavy atom. The summed E-state index contributed by atoms with van der Waals surface area (Å²) in [4.78, 5) is 42.7. The van der Waals surface area contributed by atoms with E-state index in [4.69, 9.17) is 4.74 Å². The number of likely N-dealkylation sites (tertiary alicyclic amines) is 1. The third kappa shape index (κ3) is 6.38. The molecule has 1 aliphatic rings. The zero-order valence-electron chi connectivity index (χ0n) is 23.9. The highest BCUT2D eigenvalue weighted by Gasteiger charge is 2.27. The number of carbonyl (C=O) groups excluding carboxylic acids is 1. The van der Waals surface area contributed by atoms with Crippen LogP contribution in [0.15, 0.2) is 52.4 Å². The van der Waals surface area contributed by atoms with E-state index < -0.39 is 17.8 Å². The first-order chi connectivity index (χ1) is 20.7. The number of aromatic nitrogens is 4. The highest BCUT2D eigenvalue weighted by molar-refractivity contribution is 7.13. The first kappa shape index (κ1) is 30.1. The zero-order chi connectivity index (χ0) is 30.7. The molecule has 224 valence electrons. The monoisotopic (exact) mass is 609 g/mol. The predicted molar refractivity (Wildman–Crippen MR) is 159 cm³/mol. The van der Waals surface area contributed by atoms with Crippen LogP contribution >= 0.6 is 11.3 Å². The third-order valence-corrected chi connectivity index (χ3v) is 7.77. The molecule has 5 heterocycles. The fraction of sp³-hybridized carbons (Fsp3) is 0.323. The second-order valence-corrected chi connectivity index (χ2v) is 11.2. The lowest BCUT2D eigenvalue weighted by molar-refractivity contribution is 0.0723. The number of nitrogens with zero attached hydrogens (tertiary/aromatic N) is 5. The quantitative estimate of drug-likeness (QED) is 0.215. The second kappa shape index (κ2) is 12.9. The van der Waals surface area contributed by atoms with Gasteiger partial charge < -0.3 is 9.64 Å². The average Bonchev–Trinajstić information content (AvgIpc) is 3.48. The van der Waals surface area contributed by atoms with Crippen molar-refractivity contribution < 1.29 is 22.7 Å². The van der Waals surface area contributed by atoms with Crippen molar-refractivity contribution in [2.45, 2.75) is 46.5 Å². The molecule has 43 heavy (non-hydrogen) atoms. The van der Waals surface area contributed by atoms with E-state index in [0.29, 0.717) is 29.4 Å². The van der Waals surface area contributed by atoms with Crippen LogP contribution in [0.2, 0.25) is 0 Å². The van der Waals surface area contributed by atoms with Gasteiger partial charge in [-0.25, -0.2) is 23.1 Å². The Hall–Kier alpha value is -4.32. The highest BCUT2D eigenvalue weighted by Crippen LogP contribution is 2.32. The number of hydrogen-bond acceptors (Lipinski definition) is 7. The van der Waals surface area contributed by atoms with Crippen LogP contribution in [0.4, 0.5) is 13.2 Å². The van der Waals surface area contributed by atoms with Crippen molar-refractivity contribution >= 4 is 23.3 Å². The molecule has 0 unspecified atom stereocenters. The van der Waals surface area contributed by atoms with Crippen molar-refractivity contribution in [3.05, 3.63) is 80.7 Å². The van der Waals surface area contributed by atoms with Gasteiger partial charge in [0.2, 0.25) is 5.88 Å². The van der Waals surface area contributed by atoms with Crippen LogP contribution < -0.4 is 10.3 Å². The van der Waals surface area contributed by atoms with Crippen molar-refractivity contribution in [2.24, 2.45) is 0 Å². The van der Waals surface area contributed by atoms with Gasteiger partial charge in [0.15, 0.2) is 0 Å². The summed E-state index contributed by atoms with van der Waals surface area (Å²) in [5.74, 6) is -0.903. The first-order valence-electron chi connectivity index (χ1n) is 13.9. The van der Waals surface area contributed by atoms with Crippen LogP contribution in [0.5, 0.6) is 5.88 Å². The van der Waals surface area contributed by atoms with Gasteiger partial charge in [0.1, 0.15) is 22.2 Å². The van der Waals surface area contributed by atoms with E-state index in [1.807, 2.05) is 13.8 Å². The maximum absolute atomic E-state index is 14.7. The molecule has 0 aromatic carbocycles. The van der Waals surface area contributed by atoms with Crippen LogP contribution in [0.25, 0.3) is 33.6 Å². The molecule has 1 fully saturated rings. The molecule has 0 radical (unpaired) electrons. The number of alkyl halides is 2. The van der Waals surface area contributed by atoms with Gasteiger partial charge in [-0.15, -0.1) is 11.3 Å². The number of hydrogen-bond donors (Lipinski definition) is 0. The van der Waals surface area contributed by atoms with E-state index in [9.17, 15) is 22.8 Å². The van der Waals surface area contributed by atoms with Crippen molar-refractivity contribution in [1.82, 2.24) is 24.4 Å². The lowest BCUT2D eigenvalue weighted by Gasteiger charge is -2.28. The minimum absolute atomic E-state index is 0.0351. The molecule has 0 saturated carbocycles. The van der Waals surface area contributed by atoms with Crippen molar-refractivity contribution in [3.63, 3.8) is 0 Å². The minimum Gasteiger partial charge on any atom is -0.476 e. The molecule has 0 aliphatic carbocycles. The number of carbonyl (C=O) groups is 1. The normalized spacial score (nSPS) is 13.3. The Balaban J connectivity index is 1.76. The Bertz CT molecular complexity index is 1720. The van der Waals surface area contributed by atoms with Crippen molar-refractivity contribution in [2.75, 3.05) is 19.7 Å². The van der Waals surface area contributed by atoms with Gasteiger partial charge in [-0.3, -0.25) is 19.1 Å². The molecule has 0 atom stereocenters. The Morgan fingerprint density at radius 3 is 2.53 bits per heavy atom. The summed E-state index contributed by atoms with van der Waals surface area (Å²) in [6, 6.07) is 5.41. The number of amides is 1. The van der Waals surface area contributed by atoms with Crippen LogP contribution in [0.1, 0.15) is 68.2 Å². The van der Waals surface area contributed by atoms with Gasteiger partial charge in [-0.1, -0.05) is 5.57 Å². The average molecular weight is 610 g/mol. The van der Waals surface area contributed by atoms with Crippen LogP contribution in [-0.4, -0.2) is 50.0 Å². The van der Waals surface area contributed by atoms with E-state index in [1.165, 1.54) is 22.9 Å². The molecule has 4 aromatic rings. The second-order valence-electron chi connectivity index (χ2n) is 10.3. The molecule has 12 heteroatoms. The number of allylic oxidation sites excluding steroid dienone is 1. The Morgan fingerprint density at radius 1 is 1.12 bits per heavy atom. The zero-order valence-corrected chi connectivity index (χ0v) is 24.8. The summed E-state index contributed by atoms with van der Waals surface area (Å²) in [5, 5.41) is 1.98. The van der Waals surface area contributed by atoms with Gasteiger partial charge in [0, 0.05) is 36.3 Å². The predicted octanol–water partition coefficient (Wildman–Crippen LogP) is 6.94. The number of piperidine rings is 1. The van der Waals surface area contributed by atoms with Crippen molar-refractivity contribution in [3.8, 4) is 33.4 Å². The van der Waals surface area contributed by atoms with Gasteiger partial charge in [-0.2, -0.15) is 0 Å². The summed E-state index contributed by atoms with van der Waals surface area (Å²) in [5.41, 5.74) is 1.53. The molecular formula is C31H30F3N5O3S. The molecule has 1 saturated heterocycles. The van der Waals surface area contributed by atoms with Gasteiger partial charge in [0.25, 0.3) is 17.9 Å². The Labute approximate surface area is 250 Å². The van der Waals surface area contributed by atoms with Gasteiger partial charge in [0.05, 0.1) is 35.3 Å². The van der Waals surface area contributed by atoms with Crippen molar-refractivity contribution in [1.29, 1.82) is 0 Å². The Kier molecular flexibility index (Phi) is 9.05. The molecule has 1 amide bonds. The number of thiazole rings is 1. The van der Waals surface area contributed by atoms with Crippen LogP contribution in [-0.2, 0) is 0 Å². The molecule has 0 spiro atoms. The maximum Gasteiger partial charge on any atom is 0.280 e. The molecule has 1 aliphatic heterocycles. The van der Waals surface area contributed by atoms with E-state index in [0.717, 1.165) is 48.4 Å². The number of halogens is 3. The third-order valence-electron chi connectivity index (χ3n) is 6.90. The number of rotatable bonds is 8. The summed E-state index contributed by atoms with van der Waals surface area (Å²) >= 11 is 1.16. The molecule has 8 nitrogen and oxygen atoms in total.